The first-order valence-electron chi connectivity index (χ1n) is 5.41. The van der Waals surface area contributed by atoms with Gasteiger partial charge in [-0.2, -0.15) is 5.10 Å². The van der Waals surface area contributed by atoms with Gasteiger partial charge in [-0.25, -0.2) is 4.98 Å². The Kier molecular flexibility index (Phi) is 1.87. The summed E-state index contributed by atoms with van der Waals surface area (Å²) < 4.78 is 1.85. The van der Waals surface area contributed by atoms with Crippen molar-refractivity contribution in [2.45, 2.75) is 25.7 Å². The Morgan fingerprint density at radius 1 is 1.33 bits per heavy atom. The van der Waals surface area contributed by atoms with Crippen LogP contribution in [0, 0.1) is 0 Å². The molecule has 2 aromatic rings. The van der Waals surface area contributed by atoms with Crippen LogP contribution in [-0.2, 0) is 19.9 Å². The monoisotopic (exact) mass is 202 g/mol. The fraction of sp³-hybridized carbons (Fsp3) is 0.455. The molecule has 15 heavy (non-hydrogen) atoms. The molecule has 1 N–H and O–H groups in total. The molecule has 0 atom stereocenters. The minimum absolute atomic E-state index is 0.960. The minimum atomic E-state index is 0.960. The van der Waals surface area contributed by atoms with Crippen molar-refractivity contribution in [2.24, 2.45) is 7.05 Å². The van der Waals surface area contributed by atoms with Crippen molar-refractivity contribution in [1.82, 2.24) is 19.7 Å². The molecule has 0 fully saturated rings. The number of nitrogens with one attached hydrogen (secondary N) is 1. The van der Waals surface area contributed by atoms with Gasteiger partial charge in [0.2, 0.25) is 0 Å². The number of hydrogen-bond donors (Lipinski definition) is 1. The average molecular weight is 202 g/mol. The van der Waals surface area contributed by atoms with Gasteiger partial charge in [-0.3, -0.25) is 4.68 Å². The van der Waals surface area contributed by atoms with Gasteiger partial charge in [0.15, 0.2) is 5.82 Å². The number of H-pyrrole nitrogens is 1. The number of imidazole rings is 1. The maximum atomic E-state index is 4.64. The molecule has 0 saturated carbocycles. The van der Waals surface area contributed by atoms with Gasteiger partial charge in [0, 0.05) is 18.9 Å². The van der Waals surface area contributed by atoms with Crippen LogP contribution in [0.2, 0.25) is 0 Å². The zero-order chi connectivity index (χ0) is 10.3. The molecule has 0 radical (unpaired) electrons. The van der Waals surface area contributed by atoms with E-state index >= 15 is 0 Å². The second-order valence-corrected chi connectivity index (χ2v) is 4.06. The Morgan fingerprint density at radius 3 is 2.93 bits per heavy atom. The van der Waals surface area contributed by atoms with E-state index in [1.165, 1.54) is 24.2 Å². The van der Waals surface area contributed by atoms with Gasteiger partial charge in [0.1, 0.15) is 5.69 Å². The number of aryl methyl sites for hydroxylation is 3. The zero-order valence-corrected chi connectivity index (χ0v) is 8.82. The standard InChI is InChI=1S/C11H14N4/c1-15-10(6-7-12-15)11-13-8-4-2-3-5-9(8)14-11/h6-7H,2-5H2,1H3,(H,13,14). The molecule has 2 heterocycles. The number of rotatable bonds is 1. The summed E-state index contributed by atoms with van der Waals surface area (Å²) in [7, 11) is 1.94. The van der Waals surface area contributed by atoms with E-state index in [4.69, 9.17) is 0 Å². The summed E-state index contributed by atoms with van der Waals surface area (Å²) in [5.74, 6) is 0.960. The van der Waals surface area contributed by atoms with Crippen molar-refractivity contribution in [3.05, 3.63) is 23.7 Å². The highest BCUT2D eigenvalue weighted by molar-refractivity contribution is 5.50. The number of aromatic nitrogens is 4. The fourth-order valence-electron chi connectivity index (χ4n) is 2.18. The molecular weight excluding hydrogens is 188 g/mol. The molecule has 1 aliphatic carbocycles. The highest BCUT2D eigenvalue weighted by Crippen LogP contribution is 2.23. The molecule has 4 heteroatoms. The summed E-state index contributed by atoms with van der Waals surface area (Å²) in [6.45, 7) is 0. The SMILES string of the molecule is Cn1nccc1-c1nc2c([nH]1)CCCC2. The summed E-state index contributed by atoms with van der Waals surface area (Å²) in [6.07, 6.45) is 6.60. The lowest BCUT2D eigenvalue weighted by Crippen LogP contribution is -2.00. The van der Waals surface area contributed by atoms with Gasteiger partial charge in [0.25, 0.3) is 0 Å². The lowest BCUT2D eigenvalue weighted by molar-refractivity contribution is 0.667. The van der Waals surface area contributed by atoms with Crippen LogP contribution in [0.5, 0.6) is 0 Å². The minimum Gasteiger partial charge on any atom is -0.340 e. The van der Waals surface area contributed by atoms with E-state index in [2.05, 4.69) is 15.1 Å². The van der Waals surface area contributed by atoms with E-state index in [1.54, 1.807) is 6.20 Å². The predicted molar refractivity (Wildman–Crippen MR) is 57.4 cm³/mol. The Labute approximate surface area is 88.3 Å². The van der Waals surface area contributed by atoms with Crippen LogP contribution in [0.25, 0.3) is 11.5 Å². The van der Waals surface area contributed by atoms with Crippen LogP contribution in [0.3, 0.4) is 0 Å². The lowest BCUT2D eigenvalue weighted by atomic mass is 10.0. The molecule has 0 saturated heterocycles. The second kappa shape index (κ2) is 3.22. The predicted octanol–water partition coefficient (Wildman–Crippen LogP) is 1.69. The molecule has 0 spiro atoms. The highest BCUT2D eigenvalue weighted by atomic mass is 15.3. The molecule has 4 nitrogen and oxygen atoms in total. The number of fused-ring (bicyclic) bond motifs is 1. The Hall–Kier alpha value is -1.58. The summed E-state index contributed by atoms with van der Waals surface area (Å²) in [5.41, 5.74) is 3.62. The number of aromatic amines is 1. The summed E-state index contributed by atoms with van der Waals surface area (Å²) >= 11 is 0. The van der Waals surface area contributed by atoms with Crippen molar-refractivity contribution in [2.75, 3.05) is 0 Å². The highest BCUT2D eigenvalue weighted by Gasteiger charge is 2.16. The maximum Gasteiger partial charge on any atom is 0.156 e. The molecule has 1 aliphatic rings. The first-order valence-corrected chi connectivity index (χ1v) is 5.41. The molecule has 2 aromatic heterocycles. The van der Waals surface area contributed by atoms with Gasteiger partial charge in [-0.1, -0.05) is 0 Å². The quantitative estimate of drug-likeness (QED) is 0.765. The van der Waals surface area contributed by atoms with Gasteiger partial charge < -0.3 is 4.98 Å². The van der Waals surface area contributed by atoms with Crippen LogP contribution < -0.4 is 0 Å². The average Bonchev–Trinajstić information content (AvgIpc) is 2.82. The molecule has 78 valence electrons. The summed E-state index contributed by atoms with van der Waals surface area (Å²) in [5, 5.41) is 4.16. The van der Waals surface area contributed by atoms with E-state index in [-0.39, 0.29) is 0 Å². The van der Waals surface area contributed by atoms with Gasteiger partial charge >= 0.3 is 0 Å². The smallest absolute Gasteiger partial charge is 0.156 e. The summed E-state index contributed by atoms with van der Waals surface area (Å²) in [6, 6.07) is 1.99. The Bertz CT molecular complexity index is 457. The normalized spacial score (nSPS) is 15.3. The van der Waals surface area contributed by atoms with Gasteiger partial charge in [-0.05, 0) is 31.7 Å². The lowest BCUT2D eigenvalue weighted by Gasteiger charge is -2.07. The molecule has 3 rings (SSSR count). The van der Waals surface area contributed by atoms with Crippen molar-refractivity contribution in [1.29, 1.82) is 0 Å². The van der Waals surface area contributed by atoms with E-state index < -0.39 is 0 Å². The third-order valence-corrected chi connectivity index (χ3v) is 3.02. The topological polar surface area (TPSA) is 46.5 Å². The van der Waals surface area contributed by atoms with E-state index in [0.717, 1.165) is 24.4 Å². The number of hydrogen-bond acceptors (Lipinski definition) is 2. The van der Waals surface area contributed by atoms with Crippen molar-refractivity contribution in [3.8, 4) is 11.5 Å². The second-order valence-electron chi connectivity index (χ2n) is 4.06. The molecule has 0 amide bonds. The molecule has 0 aliphatic heterocycles. The van der Waals surface area contributed by atoms with Gasteiger partial charge in [-0.15, -0.1) is 0 Å². The fourth-order valence-corrected chi connectivity index (χ4v) is 2.18. The largest absolute Gasteiger partial charge is 0.340 e. The zero-order valence-electron chi connectivity index (χ0n) is 8.82. The summed E-state index contributed by atoms with van der Waals surface area (Å²) in [4.78, 5) is 8.04. The first-order chi connectivity index (χ1) is 7.34. The van der Waals surface area contributed by atoms with Crippen molar-refractivity contribution in [3.63, 3.8) is 0 Å². The maximum absolute atomic E-state index is 4.64. The molecule has 0 aromatic carbocycles. The first kappa shape index (κ1) is 8.71. The van der Waals surface area contributed by atoms with E-state index in [0.29, 0.717) is 0 Å². The molecule has 0 bridgehead atoms. The molecule has 0 unspecified atom stereocenters. The van der Waals surface area contributed by atoms with Crippen molar-refractivity contribution < 1.29 is 0 Å². The Balaban J connectivity index is 2.06. The van der Waals surface area contributed by atoms with Crippen LogP contribution in [-0.4, -0.2) is 19.7 Å². The Morgan fingerprint density at radius 2 is 2.20 bits per heavy atom. The van der Waals surface area contributed by atoms with Gasteiger partial charge in [0.05, 0.1) is 5.69 Å². The van der Waals surface area contributed by atoms with Crippen LogP contribution >= 0.6 is 0 Å². The number of nitrogens with zero attached hydrogens (tertiary/aromatic N) is 3. The van der Waals surface area contributed by atoms with Crippen LogP contribution in [0.15, 0.2) is 12.3 Å². The third-order valence-electron chi connectivity index (χ3n) is 3.02. The van der Waals surface area contributed by atoms with E-state index in [1.807, 2.05) is 17.8 Å². The van der Waals surface area contributed by atoms with Crippen LogP contribution in [0.4, 0.5) is 0 Å². The third kappa shape index (κ3) is 1.37. The van der Waals surface area contributed by atoms with E-state index in [9.17, 15) is 0 Å². The van der Waals surface area contributed by atoms with Crippen molar-refractivity contribution >= 4 is 0 Å². The molecular formula is C11H14N4. The van der Waals surface area contributed by atoms with Crippen LogP contribution in [0.1, 0.15) is 24.2 Å².